The molecule has 2 unspecified atom stereocenters. The molecule has 2 amide bonds. The van der Waals surface area contributed by atoms with Crippen molar-refractivity contribution >= 4 is 6.03 Å². The lowest BCUT2D eigenvalue weighted by Gasteiger charge is -2.25. The van der Waals surface area contributed by atoms with Gasteiger partial charge in [0.05, 0.1) is 12.1 Å². The zero-order valence-electron chi connectivity index (χ0n) is 14.9. The van der Waals surface area contributed by atoms with Crippen LogP contribution < -0.4 is 10.6 Å². The van der Waals surface area contributed by atoms with Crippen LogP contribution in [-0.2, 0) is 0 Å². The topological polar surface area (TPSA) is 44.4 Å². The summed E-state index contributed by atoms with van der Waals surface area (Å²) in [5.74, 6) is -2.24. The highest BCUT2D eigenvalue weighted by Gasteiger charge is 2.17. The normalized spacial score (nSPS) is 13.3. The number of nitrogens with one attached hydrogen (secondary N) is 2. The molecule has 0 aromatic heterocycles. The van der Waals surface area contributed by atoms with E-state index in [1.54, 1.807) is 19.1 Å². The third-order valence-corrected chi connectivity index (χ3v) is 4.10. The number of urea groups is 1. The fourth-order valence-electron chi connectivity index (χ4n) is 2.61. The summed E-state index contributed by atoms with van der Waals surface area (Å²) in [6.45, 7) is 1.93. The Hall–Kier alpha value is -2.54. The van der Waals surface area contributed by atoms with Gasteiger partial charge in [0.15, 0.2) is 11.6 Å². The van der Waals surface area contributed by atoms with Crippen LogP contribution in [0.1, 0.15) is 30.1 Å². The molecule has 0 saturated carbocycles. The second-order valence-corrected chi connectivity index (χ2v) is 6.28. The number of halogens is 3. The molecule has 0 heterocycles. The zero-order valence-corrected chi connectivity index (χ0v) is 14.9. The minimum Gasteiger partial charge on any atom is -0.336 e. The largest absolute Gasteiger partial charge is 0.336 e. The van der Waals surface area contributed by atoms with Crippen LogP contribution in [0, 0.1) is 17.5 Å². The lowest BCUT2D eigenvalue weighted by molar-refractivity contribution is 0.230. The second-order valence-electron chi connectivity index (χ2n) is 6.28. The second kappa shape index (κ2) is 8.71. The molecule has 2 aromatic rings. The lowest BCUT2D eigenvalue weighted by atomic mass is 10.1. The summed E-state index contributed by atoms with van der Waals surface area (Å²) < 4.78 is 39.7. The van der Waals surface area contributed by atoms with Gasteiger partial charge < -0.3 is 15.5 Å². The van der Waals surface area contributed by atoms with Crippen LogP contribution >= 0.6 is 0 Å². The summed E-state index contributed by atoms with van der Waals surface area (Å²) in [7, 11) is 3.66. The van der Waals surface area contributed by atoms with Gasteiger partial charge in [0.2, 0.25) is 0 Å². The molecule has 26 heavy (non-hydrogen) atoms. The smallest absolute Gasteiger partial charge is 0.315 e. The molecule has 0 fully saturated rings. The van der Waals surface area contributed by atoms with E-state index in [4.69, 9.17) is 0 Å². The van der Waals surface area contributed by atoms with Gasteiger partial charge in [-0.1, -0.05) is 18.2 Å². The highest BCUT2D eigenvalue weighted by molar-refractivity contribution is 5.74. The highest BCUT2D eigenvalue weighted by Crippen LogP contribution is 2.19. The molecule has 0 aliphatic rings. The predicted octanol–water partition coefficient (Wildman–Crippen LogP) is 3.77. The van der Waals surface area contributed by atoms with Gasteiger partial charge in [0.1, 0.15) is 5.82 Å². The molecule has 2 N–H and O–H groups in total. The Labute approximate surface area is 151 Å². The molecule has 0 spiro atoms. The number of hydrogen-bond donors (Lipinski definition) is 2. The molecular formula is C19H22F3N3O. The van der Waals surface area contributed by atoms with Crippen LogP contribution in [0.5, 0.6) is 0 Å². The molecular weight excluding hydrogens is 343 g/mol. The Morgan fingerprint density at radius 2 is 1.77 bits per heavy atom. The van der Waals surface area contributed by atoms with Crippen molar-refractivity contribution in [2.24, 2.45) is 0 Å². The summed E-state index contributed by atoms with van der Waals surface area (Å²) in [5.41, 5.74) is 1.19. The molecule has 4 nitrogen and oxygen atoms in total. The number of rotatable bonds is 6. The molecule has 2 aromatic carbocycles. The van der Waals surface area contributed by atoms with E-state index in [1.807, 2.05) is 19.0 Å². The number of carbonyl (C=O) groups is 1. The van der Waals surface area contributed by atoms with Crippen LogP contribution in [0.25, 0.3) is 0 Å². The van der Waals surface area contributed by atoms with Crippen molar-refractivity contribution in [3.8, 4) is 0 Å². The van der Waals surface area contributed by atoms with Crippen LogP contribution in [0.4, 0.5) is 18.0 Å². The Balaban J connectivity index is 1.96. The van der Waals surface area contributed by atoms with E-state index in [-0.39, 0.29) is 18.4 Å². The summed E-state index contributed by atoms with van der Waals surface area (Å²) in [4.78, 5) is 14.0. The quantitative estimate of drug-likeness (QED) is 0.819. The van der Waals surface area contributed by atoms with E-state index in [1.165, 1.54) is 18.2 Å². The lowest BCUT2D eigenvalue weighted by Crippen LogP contribution is -2.41. The van der Waals surface area contributed by atoms with Crippen LogP contribution in [0.3, 0.4) is 0 Å². The molecule has 140 valence electrons. The fourth-order valence-corrected chi connectivity index (χ4v) is 2.61. The Morgan fingerprint density at radius 1 is 1.04 bits per heavy atom. The Morgan fingerprint density at radius 3 is 2.38 bits per heavy atom. The minimum absolute atomic E-state index is 0.213. The van der Waals surface area contributed by atoms with E-state index in [0.717, 1.165) is 17.7 Å². The third kappa shape index (κ3) is 5.23. The van der Waals surface area contributed by atoms with E-state index in [9.17, 15) is 18.0 Å². The van der Waals surface area contributed by atoms with Crippen LogP contribution in [0.2, 0.25) is 0 Å². The maximum Gasteiger partial charge on any atom is 0.315 e. The summed E-state index contributed by atoms with van der Waals surface area (Å²) >= 11 is 0. The first kappa shape index (κ1) is 19.8. The van der Waals surface area contributed by atoms with E-state index in [0.29, 0.717) is 5.56 Å². The predicted molar refractivity (Wildman–Crippen MR) is 94.1 cm³/mol. The van der Waals surface area contributed by atoms with Gasteiger partial charge in [-0.25, -0.2) is 18.0 Å². The third-order valence-electron chi connectivity index (χ3n) is 4.10. The molecule has 2 rings (SSSR count). The van der Waals surface area contributed by atoms with E-state index >= 15 is 0 Å². The maximum atomic E-state index is 13.4. The minimum atomic E-state index is -0.963. The fraction of sp³-hybridized carbons (Fsp3) is 0.316. The number of nitrogens with zero attached hydrogens (tertiary/aromatic N) is 1. The molecule has 0 radical (unpaired) electrons. The van der Waals surface area contributed by atoms with Gasteiger partial charge in [0.25, 0.3) is 0 Å². The van der Waals surface area contributed by atoms with Gasteiger partial charge in [-0.05, 0) is 56.4 Å². The van der Waals surface area contributed by atoms with E-state index in [2.05, 4.69) is 10.6 Å². The van der Waals surface area contributed by atoms with E-state index < -0.39 is 23.7 Å². The number of benzene rings is 2. The van der Waals surface area contributed by atoms with Gasteiger partial charge in [-0.15, -0.1) is 0 Å². The molecule has 0 saturated heterocycles. The zero-order chi connectivity index (χ0) is 19.3. The highest BCUT2D eigenvalue weighted by atomic mass is 19.2. The first-order valence-electron chi connectivity index (χ1n) is 8.19. The van der Waals surface area contributed by atoms with Gasteiger partial charge in [0, 0.05) is 6.54 Å². The van der Waals surface area contributed by atoms with Crippen molar-refractivity contribution in [2.75, 3.05) is 20.6 Å². The molecule has 7 heteroatoms. The van der Waals surface area contributed by atoms with Crippen molar-refractivity contribution in [1.29, 1.82) is 0 Å². The van der Waals surface area contributed by atoms with Gasteiger partial charge in [-0.3, -0.25) is 0 Å². The maximum absolute atomic E-state index is 13.4. The Bertz CT molecular complexity index is 767. The van der Waals surface area contributed by atoms with Crippen LogP contribution in [-0.4, -0.2) is 31.6 Å². The number of carbonyl (C=O) groups excluding carboxylic acids is 1. The summed E-state index contributed by atoms with van der Waals surface area (Å²) in [5, 5.41) is 5.39. The number of likely N-dealkylation sites (N-methyl/N-ethyl adjacent to an activating group) is 1. The average Bonchev–Trinajstić information content (AvgIpc) is 2.57. The molecule has 0 aliphatic carbocycles. The number of hydrogen-bond acceptors (Lipinski definition) is 2. The summed E-state index contributed by atoms with van der Waals surface area (Å²) in [6.07, 6.45) is 0. The van der Waals surface area contributed by atoms with Gasteiger partial charge in [-0.2, -0.15) is 0 Å². The van der Waals surface area contributed by atoms with Crippen molar-refractivity contribution < 1.29 is 18.0 Å². The van der Waals surface area contributed by atoms with Gasteiger partial charge >= 0.3 is 6.03 Å². The molecule has 0 aliphatic heterocycles. The van der Waals surface area contributed by atoms with Crippen LogP contribution in [0.15, 0.2) is 42.5 Å². The summed E-state index contributed by atoms with van der Waals surface area (Å²) in [6, 6.07) is 8.51. The monoisotopic (exact) mass is 365 g/mol. The van der Waals surface area contributed by atoms with Crippen molar-refractivity contribution in [3.63, 3.8) is 0 Å². The first-order valence-corrected chi connectivity index (χ1v) is 8.19. The average molecular weight is 365 g/mol. The first-order chi connectivity index (χ1) is 12.3. The van der Waals surface area contributed by atoms with Crippen molar-refractivity contribution in [2.45, 2.75) is 19.0 Å². The van der Waals surface area contributed by atoms with Crippen molar-refractivity contribution in [1.82, 2.24) is 15.5 Å². The molecule has 0 bridgehead atoms. The number of amides is 2. The SMILES string of the molecule is CC(NC(=O)NCC(c1cccc(F)c1)N(C)C)c1ccc(F)c(F)c1. The molecule has 2 atom stereocenters. The Kier molecular flexibility index (Phi) is 6.63. The van der Waals surface area contributed by atoms with Crippen molar-refractivity contribution in [3.05, 3.63) is 71.0 Å². The standard InChI is InChI=1S/C19H22F3N3O/c1-12(13-7-8-16(21)17(22)10-13)24-19(26)23-11-18(25(2)3)14-5-4-6-15(20)9-14/h4-10,12,18H,11H2,1-3H3,(H2,23,24,26).